The molecule has 5 nitrogen and oxygen atoms in total. The van der Waals surface area contributed by atoms with Crippen LogP contribution in [0.4, 0.5) is 5.82 Å². The van der Waals surface area contributed by atoms with Crippen LogP contribution in [0.3, 0.4) is 0 Å². The fourth-order valence-corrected chi connectivity index (χ4v) is 1.65. The number of hydrogen-bond donors (Lipinski definition) is 2. The molecule has 0 aliphatic rings. The highest BCUT2D eigenvalue weighted by atomic mass is 15.1. The van der Waals surface area contributed by atoms with Crippen molar-refractivity contribution >= 4 is 11.5 Å². The van der Waals surface area contributed by atoms with Crippen LogP contribution in [-0.4, -0.2) is 15.3 Å². The van der Waals surface area contributed by atoms with Crippen LogP contribution in [0.1, 0.15) is 16.8 Å². The number of nitriles is 1. The van der Waals surface area contributed by atoms with Gasteiger partial charge in [-0.15, -0.1) is 0 Å². The molecule has 1 aromatic heterocycles. The lowest BCUT2D eigenvalue weighted by Gasteiger charge is -2.05. The zero-order chi connectivity index (χ0) is 13.1. The van der Waals surface area contributed by atoms with Crippen LogP contribution in [-0.2, 0) is 6.54 Å². The van der Waals surface area contributed by atoms with Crippen molar-refractivity contribution in [3.8, 4) is 6.07 Å². The van der Waals surface area contributed by atoms with Gasteiger partial charge in [0, 0.05) is 0 Å². The van der Waals surface area contributed by atoms with E-state index in [-0.39, 0.29) is 11.4 Å². The van der Waals surface area contributed by atoms with Gasteiger partial charge in [-0.1, -0.05) is 29.8 Å². The van der Waals surface area contributed by atoms with Crippen molar-refractivity contribution < 1.29 is 0 Å². The lowest BCUT2D eigenvalue weighted by molar-refractivity contribution is 0.807. The average Bonchev–Trinajstić information content (AvgIpc) is 2.73. The molecule has 1 heterocycles. The molecule has 2 rings (SSSR count). The molecule has 0 saturated carbocycles. The number of imidazole rings is 1. The number of aryl methyl sites for hydroxylation is 1. The third kappa shape index (κ3) is 2.23. The van der Waals surface area contributed by atoms with Crippen molar-refractivity contribution in [2.75, 3.05) is 5.73 Å². The molecule has 0 saturated heterocycles. The van der Waals surface area contributed by atoms with Gasteiger partial charge in [-0.05, 0) is 12.5 Å². The number of anilines is 1. The molecule has 0 spiro atoms. The Hall–Kier alpha value is -2.61. The van der Waals surface area contributed by atoms with E-state index in [4.69, 9.17) is 16.4 Å². The van der Waals surface area contributed by atoms with Gasteiger partial charge in [0.2, 0.25) is 0 Å². The Morgan fingerprint density at radius 3 is 2.72 bits per heavy atom. The Bertz CT molecular complexity index is 616. The fraction of sp³-hybridized carbons (Fsp3) is 0.154. The van der Waals surface area contributed by atoms with Gasteiger partial charge in [-0.2, -0.15) is 5.26 Å². The summed E-state index contributed by atoms with van der Waals surface area (Å²) in [6.07, 6.45) is 1.55. The number of nitrogens with zero attached hydrogens (tertiary/aromatic N) is 3. The van der Waals surface area contributed by atoms with E-state index < -0.39 is 0 Å². The van der Waals surface area contributed by atoms with E-state index in [1.165, 1.54) is 5.56 Å². The van der Waals surface area contributed by atoms with Crippen molar-refractivity contribution in [1.29, 1.82) is 10.7 Å². The zero-order valence-corrected chi connectivity index (χ0v) is 10.0. The number of hydrogen-bond acceptors (Lipinski definition) is 4. The topological polar surface area (TPSA) is 91.5 Å². The Morgan fingerprint density at radius 1 is 1.44 bits per heavy atom. The van der Waals surface area contributed by atoms with Gasteiger partial charge in [0.25, 0.3) is 0 Å². The van der Waals surface area contributed by atoms with Crippen molar-refractivity contribution in [1.82, 2.24) is 9.55 Å². The molecule has 2 aromatic rings. The summed E-state index contributed by atoms with van der Waals surface area (Å²) >= 11 is 0. The highest BCUT2D eigenvalue weighted by Crippen LogP contribution is 2.13. The maximum Gasteiger partial charge on any atom is 0.161 e. The summed E-state index contributed by atoms with van der Waals surface area (Å²) in [7, 11) is 0. The summed E-state index contributed by atoms with van der Waals surface area (Å²) in [5, 5.41) is 16.1. The molecule has 0 aliphatic carbocycles. The summed E-state index contributed by atoms with van der Waals surface area (Å²) in [5.41, 5.74) is 8.19. The highest BCUT2D eigenvalue weighted by molar-refractivity contribution is 6.10. The second-order valence-corrected chi connectivity index (χ2v) is 4.08. The molecule has 18 heavy (non-hydrogen) atoms. The minimum Gasteiger partial charge on any atom is -0.383 e. The molecule has 0 radical (unpaired) electrons. The van der Waals surface area contributed by atoms with E-state index in [2.05, 4.69) is 4.98 Å². The molecule has 90 valence electrons. The molecule has 3 N–H and O–H groups in total. The third-order valence-corrected chi connectivity index (χ3v) is 2.70. The Morgan fingerprint density at radius 2 is 2.11 bits per heavy atom. The first-order chi connectivity index (χ1) is 8.61. The first-order valence-corrected chi connectivity index (χ1v) is 5.47. The summed E-state index contributed by atoms with van der Waals surface area (Å²) in [6, 6.07) is 9.83. The summed E-state index contributed by atoms with van der Waals surface area (Å²) < 4.78 is 1.73. The van der Waals surface area contributed by atoms with E-state index >= 15 is 0 Å². The Kier molecular flexibility index (Phi) is 3.11. The van der Waals surface area contributed by atoms with Gasteiger partial charge in [0.1, 0.15) is 17.6 Å². The van der Waals surface area contributed by atoms with Crippen LogP contribution >= 0.6 is 0 Å². The Labute approximate surface area is 105 Å². The van der Waals surface area contributed by atoms with Gasteiger partial charge in [0.15, 0.2) is 5.71 Å². The number of nitrogen functional groups attached to an aromatic ring is 1. The lowest BCUT2D eigenvalue weighted by atomic mass is 10.1. The lowest BCUT2D eigenvalue weighted by Crippen LogP contribution is -2.06. The standard InChI is InChI=1S/C13H13N5/c1-9-2-4-10(5-3-9)7-18-8-17-12(13(18)16)11(15)6-14/h2-5,8,15H,7,16H2,1H3. The number of rotatable bonds is 3. The second-order valence-electron chi connectivity index (χ2n) is 4.08. The van der Waals surface area contributed by atoms with E-state index in [0.29, 0.717) is 12.4 Å². The van der Waals surface area contributed by atoms with Crippen LogP contribution in [0.2, 0.25) is 0 Å². The zero-order valence-electron chi connectivity index (χ0n) is 10.0. The van der Waals surface area contributed by atoms with Gasteiger partial charge in [0.05, 0.1) is 12.9 Å². The number of benzene rings is 1. The molecule has 5 heteroatoms. The molecular weight excluding hydrogens is 226 g/mol. The van der Waals surface area contributed by atoms with Crippen molar-refractivity contribution in [2.24, 2.45) is 0 Å². The quantitative estimate of drug-likeness (QED) is 0.799. The van der Waals surface area contributed by atoms with Crippen molar-refractivity contribution in [3.63, 3.8) is 0 Å². The van der Waals surface area contributed by atoms with Gasteiger partial charge < -0.3 is 10.3 Å². The Balaban J connectivity index is 2.26. The minimum absolute atomic E-state index is 0.213. The molecule has 0 fully saturated rings. The van der Waals surface area contributed by atoms with E-state index in [0.717, 1.165) is 5.56 Å². The van der Waals surface area contributed by atoms with Crippen LogP contribution in [0.5, 0.6) is 0 Å². The number of nitrogens with one attached hydrogen (secondary N) is 1. The molecule has 0 aliphatic heterocycles. The van der Waals surface area contributed by atoms with E-state index in [1.807, 2.05) is 31.2 Å². The number of nitrogens with two attached hydrogens (primary N) is 1. The third-order valence-electron chi connectivity index (χ3n) is 2.70. The summed E-state index contributed by atoms with van der Waals surface area (Å²) in [5.74, 6) is 0.349. The molecular formula is C13H13N5. The number of aromatic nitrogens is 2. The highest BCUT2D eigenvalue weighted by Gasteiger charge is 2.12. The predicted octanol–water partition coefficient (Wildman–Crippen LogP) is 1.71. The normalized spacial score (nSPS) is 10.0. The average molecular weight is 239 g/mol. The van der Waals surface area contributed by atoms with Crippen LogP contribution in [0.15, 0.2) is 30.6 Å². The SMILES string of the molecule is Cc1ccc(Cn2cnc(C(=N)C#N)c2N)cc1. The maximum atomic E-state index is 8.66. The van der Waals surface area contributed by atoms with Crippen molar-refractivity contribution in [2.45, 2.75) is 13.5 Å². The van der Waals surface area contributed by atoms with E-state index in [1.54, 1.807) is 17.0 Å². The molecule has 0 bridgehead atoms. The summed E-state index contributed by atoms with van der Waals surface area (Å²) in [4.78, 5) is 3.99. The van der Waals surface area contributed by atoms with E-state index in [9.17, 15) is 0 Å². The van der Waals surface area contributed by atoms with Crippen LogP contribution in [0, 0.1) is 23.7 Å². The molecule has 1 aromatic carbocycles. The first-order valence-electron chi connectivity index (χ1n) is 5.47. The van der Waals surface area contributed by atoms with Gasteiger partial charge in [-0.3, -0.25) is 5.41 Å². The van der Waals surface area contributed by atoms with Crippen LogP contribution < -0.4 is 5.73 Å². The van der Waals surface area contributed by atoms with Gasteiger partial charge in [-0.25, -0.2) is 4.98 Å². The van der Waals surface area contributed by atoms with Crippen molar-refractivity contribution in [3.05, 3.63) is 47.4 Å². The van der Waals surface area contributed by atoms with Gasteiger partial charge >= 0.3 is 0 Å². The predicted molar refractivity (Wildman–Crippen MR) is 69.4 cm³/mol. The van der Waals surface area contributed by atoms with Crippen LogP contribution in [0.25, 0.3) is 0 Å². The summed E-state index contributed by atoms with van der Waals surface area (Å²) in [6.45, 7) is 2.61. The fourth-order valence-electron chi connectivity index (χ4n) is 1.65. The largest absolute Gasteiger partial charge is 0.383 e. The first kappa shape index (κ1) is 11.9. The molecule has 0 atom stereocenters. The molecule has 0 unspecified atom stereocenters. The smallest absolute Gasteiger partial charge is 0.161 e. The minimum atomic E-state index is -0.213. The maximum absolute atomic E-state index is 8.66. The second kappa shape index (κ2) is 4.72. The molecule has 0 amide bonds. The monoisotopic (exact) mass is 239 g/mol.